The Morgan fingerprint density at radius 2 is 1.17 bits per heavy atom. The van der Waals surface area contributed by atoms with Crippen molar-refractivity contribution in [3.05, 3.63) is 106 Å². The third kappa shape index (κ3) is 4.35. The van der Waals surface area contributed by atoms with Crippen LogP contribution in [0.3, 0.4) is 0 Å². The maximum atomic E-state index is 4.31. The molecule has 0 heterocycles. The van der Waals surface area contributed by atoms with Crippen molar-refractivity contribution < 1.29 is 45.7 Å². The molecule has 0 N–H and O–H groups in total. The van der Waals surface area contributed by atoms with Crippen molar-refractivity contribution in [2.75, 3.05) is 0 Å². The fourth-order valence-electron chi connectivity index (χ4n) is 5.10. The molecule has 0 spiro atoms. The molecule has 4 rings (SSSR count). The van der Waals surface area contributed by atoms with Crippen molar-refractivity contribution >= 4 is 18.1 Å². The average molecular weight is 532 g/mol. The minimum atomic E-state index is -2.08. The molecule has 2 aromatic rings. The summed E-state index contributed by atoms with van der Waals surface area (Å²) in [6.07, 6.45) is 7.29. The molecule has 155 valence electrons. The quantitative estimate of drug-likeness (QED) is 0.466. The Bertz CT molecular complexity index is 901. The Labute approximate surface area is 202 Å². The normalized spacial score (nSPS) is 18.4. The van der Waals surface area contributed by atoms with E-state index in [2.05, 4.69) is 99.1 Å². The molecule has 0 aliphatic heterocycles. The standard InChI is InChI=1S/2C11H11.C4H7Si.2ClH.Zr/c2*1-2-9-7-10-5-3-4-6-11(10)8-9;1-3-5-4-2;;;/h2*3-8H,2H2,1H3;3-5H,1-2H2;2*1H;/q;;;;;+2/p-2. The molecule has 0 nitrogen and oxygen atoms in total. The summed E-state index contributed by atoms with van der Waals surface area (Å²) in [4.78, 5) is 0. The summed E-state index contributed by atoms with van der Waals surface area (Å²) in [5, 5.41) is 0. The maximum Gasteiger partial charge on any atom is -1.00 e. The van der Waals surface area contributed by atoms with E-state index >= 15 is 0 Å². The Hall–Kier alpha value is -0.920. The van der Waals surface area contributed by atoms with Gasteiger partial charge in [0.2, 0.25) is 0 Å². The van der Waals surface area contributed by atoms with Gasteiger partial charge in [0.25, 0.3) is 0 Å². The van der Waals surface area contributed by atoms with Gasteiger partial charge >= 0.3 is 179 Å². The van der Waals surface area contributed by atoms with Crippen LogP contribution >= 0.6 is 0 Å². The fourth-order valence-corrected chi connectivity index (χ4v) is 28.3. The van der Waals surface area contributed by atoms with Gasteiger partial charge in [-0.05, 0) is 0 Å². The third-order valence-corrected chi connectivity index (χ3v) is 27.9. The van der Waals surface area contributed by atoms with Gasteiger partial charge in [-0.15, -0.1) is 0 Å². The van der Waals surface area contributed by atoms with Crippen molar-refractivity contribution in [3.63, 3.8) is 0 Å². The first-order chi connectivity index (χ1) is 13.7. The van der Waals surface area contributed by atoms with Crippen LogP contribution in [0.1, 0.15) is 56.2 Å². The molecule has 2 atom stereocenters. The van der Waals surface area contributed by atoms with Crippen LogP contribution in [-0.2, 0) is 20.9 Å². The van der Waals surface area contributed by atoms with Crippen molar-refractivity contribution in [1.82, 2.24) is 0 Å². The van der Waals surface area contributed by atoms with E-state index in [0.717, 1.165) is 12.8 Å². The molecule has 0 bridgehead atoms. The smallest absolute Gasteiger partial charge is 1.00 e. The molecular formula is C26H29Cl2SiZr. The Kier molecular flexibility index (Phi) is 9.37. The number of hydrogen-bond donors (Lipinski definition) is 0. The van der Waals surface area contributed by atoms with E-state index in [1.165, 1.54) is 11.1 Å². The van der Waals surface area contributed by atoms with Crippen molar-refractivity contribution in [2.24, 2.45) is 0 Å². The topological polar surface area (TPSA) is 0 Å². The average Bonchev–Trinajstić information content (AvgIpc) is 3.30. The van der Waals surface area contributed by atoms with Crippen LogP contribution < -0.4 is 24.8 Å². The first-order valence-corrected chi connectivity index (χ1v) is 19.4. The van der Waals surface area contributed by atoms with E-state index in [4.69, 9.17) is 0 Å². The van der Waals surface area contributed by atoms with Crippen molar-refractivity contribution in [3.8, 4) is 0 Å². The minimum Gasteiger partial charge on any atom is -1.00 e. The van der Waals surface area contributed by atoms with Crippen LogP contribution in [0.5, 0.6) is 0 Å². The van der Waals surface area contributed by atoms with Crippen LogP contribution in [-0.4, -0.2) is 5.92 Å². The molecule has 4 heteroatoms. The largest absolute Gasteiger partial charge is 1.00 e. The van der Waals surface area contributed by atoms with Gasteiger partial charge in [-0.2, -0.15) is 0 Å². The van der Waals surface area contributed by atoms with Crippen molar-refractivity contribution in [1.29, 1.82) is 0 Å². The van der Waals surface area contributed by atoms with Gasteiger partial charge in [-0.1, -0.05) is 0 Å². The van der Waals surface area contributed by atoms with Gasteiger partial charge in [0.1, 0.15) is 0 Å². The second-order valence-corrected chi connectivity index (χ2v) is 23.9. The predicted molar refractivity (Wildman–Crippen MR) is 122 cm³/mol. The fraction of sp³-hybridized carbons (Fsp3) is 0.231. The van der Waals surface area contributed by atoms with E-state index in [0.29, 0.717) is 7.25 Å². The molecule has 0 radical (unpaired) electrons. The monoisotopic (exact) mass is 529 g/mol. The second-order valence-electron chi connectivity index (χ2n) is 7.77. The number of halogens is 2. The molecule has 0 saturated carbocycles. The molecule has 0 aromatic heterocycles. The summed E-state index contributed by atoms with van der Waals surface area (Å²) >= 11 is -2.08. The summed E-state index contributed by atoms with van der Waals surface area (Å²) in [5.41, 5.74) is 14.1. The first kappa shape index (κ1) is 25.3. The van der Waals surface area contributed by atoms with Crippen LogP contribution in [0.15, 0.2) is 84.2 Å². The first-order valence-electron chi connectivity index (χ1n) is 10.4. The van der Waals surface area contributed by atoms with Crippen LogP contribution in [0.25, 0.3) is 12.2 Å². The Morgan fingerprint density at radius 1 is 0.767 bits per heavy atom. The molecule has 2 unspecified atom stereocenters. The van der Waals surface area contributed by atoms with E-state index in [-0.39, 0.29) is 24.8 Å². The summed E-state index contributed by atoms with van der Waals surface area (Å²) < 4.78 is 1.34. The van der Waals surface area contributed by atoms with Crippen LogP contribution in [0.2, 0.25) is 0 Å². The SMILES string of the molecule is C=C[SiH](C=C)[Zr+2]([CH]1C(CC)=Cc2ccccc21)[CH]1C(CC)=Cc2ccccc21.[Cl-].[Cl-]. The van der Waals surface area contributed by atoms with E-state index in [9.17, 15) is 0 Å². The van der Waals surface area contributed by atoms with Gasteiger partial charge in [0.05, 0.1) is 0 Å². The molecule has 2 aliphatic rings. The molecule has 0 saturated heterocycles. The Balaban J connectivity index is 0.00000160. The van der Waals surface area contributed by atoms with Crippen LogP contribution in [0.4, 0.5) is 0 Å². The zero-order chi connectivity index (χ0) is 19.7. The summed E-state index contributed by atoms with van der Waals surface area (Å²) in [5.74, 6) is -1.19. The van der Waals surface area contributed by atoms with Crippen molar-refractivity contribution in [2.45, 2.75) is 33.9 Å². The molecule has 2 aliphatic carbocycles. The van der Waals surface area contributed by atoms with Gasteiger partial charge in [-0.3, -0.25) is 0 Å². The zero-order valence-corrected chi connectivity index (χ0v) is 22.9. The molecule has 0 amide bonds. The van der Waals surface area contributed by atoms with E-state index < -0.39 is 26.8 Å². The van der Waals surface area contributed by atoms with E-state index in [1.807, 2.05) is 0 Å². The van der Waals surface area contributed by atoms with Gasteiger partial charge < -0.3 is 24.8 Å². The Morgan fingerprint density at radius 3 is 1.53 bits per heavy atom. The summed E-state index contributed by atoms with van der Waals surface area (Å²) in [7, 11) is 0. The number of rotatable bonds is 7. The number of allylic oxidation sites excluding steroid dienone is 2. The van der Waals surface area contributed by atoms with Gasteiger partial charge in [0.15, 0.2) is 0 Å². The maximum absolute atomic E-state index is 4.31. The number of hydrogen-bond acceptors (Lipinski definition) is 0. The zero-order valence-electron chi connectivity index (χ0n) is 17.7. The second kappa shape index (κ2) is 11.1. The number of fused-ring (bicyclic) bond motifs is 2. The van der Waals surface area contributed by atoms with Gasteiger partial charge in [0, 0.05) is 0 Å². The molecule has 30 heavy (non-hydrogen) atoms. The molecular weight excluding hydrogens is 503 g/mol. The summed E-state index contributed by atoms with van der Waals surface area (Å²) in [6.45, 7) is 13.3. The van der Waals surface area contributed by atoms with Gasteiger partial charge in [-0.25, -0.2) is 0 Å². The molecule has 2 aromatic carbocycles. The minimum absolute atomic E-state index is 0. The van der Waals surface area contributed by atoms with E-state index in [1.54, 1.807) is 22.3 Å². The predicted octanol–water partition coefficient (Wildman–Crippen LogP) is 0.883. The summed E-state index contributed by atoms with van der Waals surface area (Å²) in [6, 6.07) is 18.2. The van der Waals surface area contributed by atoms with Crippen LogP contribution in [0, 0.1) is 0 Å². The number of benzene rings is 2. The molecule has 0 fully saturated rings. The third-order valence-electron chi connectivity index (χ3n) is 6.41.